The van der Waals surface area contributed by atoms with E-state index in [-0.39, 0.29) is 12.3 Å². The van der Waals surface area contributed by atoms with Gasteiger partial charge >= 0.3 is 5.97 Å². The van der Waals surface area contributed by atoms with Gasteiger partial charge in [0.1, 0.15) is 0 Å². The Morgan fingerprint density at radius 1 is 1.35 bits per heavy atom. The lowest BCUT2D eigenvalue weighted by atomic mass is 10.0. The van der Waals surface area contributed by atoms with Crippen molar-refractivity contribution in [3.05, 3.63) is 34.9 Å². The summed E-state index contributed by atoms with van der Waals surface area (Å²) in [5.74, 6) is -1.16. The van der Waals surface area contributed by atoms with Crippen LogP contribution in [0.5, 0.6) is 0 Å². The maximum Gasteiger partial charge on any atom is 0.305 e. The van der Waals surface area contributed by atoms with Crippen molar-refractivity contribution < 1.29 is 19.4 Å². The van der Waals surface area contributed by atoms with Gasteiger partial charge in [0.15, 0.2) is 0 Å². The number of ether oxygens (including phenoxy) is 1. The number of carboxylic acids is 1. The maximum atomic E-state index is 11.8. The van der Waals surface area contributed by atoms with Crippen molar-refractivity contribution in [1.29, 1.82) is 0 Å². The number of benzene rings is 1. The van der Waals surface area contributed by atoms with Crippen LogP contribution in [0.25, 0.3) is 0 Å². The second-order valence-corrected chi connectivity index (χ2v) is 4.80. The minimum absolute atomic E-state index is 0.169. The first kappa shape index (κ1) is 16.5. The summed E-state index contributed by atoms with van der Waals surface area (Å²) in [5, 5.41) is 12.2. The van der Waals surface area contributed by atoms with Crippen LogP contribution in [-0.2, 0) is 14.3 Å². The molecule has 1 rings (SSSR count). The van der Waals surface area contributed by atoms with Crippen molar-refractivity contribution >= 4 is 23.5 Å². The maximum absolute atomic E-state index is 11.8. The van der Waals surface area contributed by atoms with E-state index in [1.54, 1.807) is 31.4 Å². The lowest BCUT2D eigenvalue weighted by Crippen LogP contribution is -2.30. The first-order valence-electron chi connectivity index (χ1n) is 6.28. The smallest absolute Gasteiger partial charge is 0.305 e. The standard InChI is InChI=1S/C14H18ClNO4/c1-20-8-2-3-13(17)16-12(9-14(18)19)10-4-6-11(15)7-5-10/h4-7,12H,2-3,8-9H2,1H3,(H,16,17)(H,18,19)/t12-/m0/s1. The van der Waals surface area contributed by atoms with Crippen LogP contribution >= 0.6 is 11.6 Å². The molecule has 1 aromatic rings. The number of halogens is 1. The Labute approximate surface area is 122 Å². The quantitative estimate of drug-likeness (QED) is 0.723. The van der Waals surface area contributed by atoms with Gasteiger partial charge in [0.2, 0.25) is 5.91 Å². The molecule has 1 aromatic carbocycles. The van der Waals surface area contributed by atoms with Gasteiger partial charge in [-0.1, -0.05) is 23.7 Å². The number of carboxylic acid groups (broad SMARTS) is 1. The minimum atomic E-state index is -0.970. The minimum Gasteiger partial charge on any atom is -0.481 e. The highest BCUT2D eigenvalue weighted by molar-refractivity contribution is 6.30. The third kappa shape index (κ3) is 6.04. The summed E-state index contributed by atoms with van der Waals surface area (Å²) < 4.78 is 4.87. The Morgan fingerprint density at radius 2 is 2.00 bits per heavy atom. The molecule has 6 heteroatoms. The largest absolute Gasteiger partial charge is 0.481 e. The average molecular weight is 300 g/mol. The summed E-state index contributed by atoms with van der Waals surface area (Å²) in [4.78, 5) is 22.7. The highest BCUT2D eigenvalue weighted by atomic mass is 35.5. The number of rotatable bonds is 8. The topological polar surface area (TPSA) is 75.6 Å². The van der Waals surface area contributed by atoms with Gasteiger partial charge in [-0.05, 0) is 24.1 Å². The van der Waals surface area contributed by atoms with Crippen molar-refractivity contribution in [2.75, 3.05) is 13.7 Å². The third-order valence-electron chi connectivity index (χ3n) is 2.74. The van der Waals surface area contributed by atoms with Crippen LogP contribution in [0.4, 0.5) is 0 Å². The molecule has 110 valence electrons. The Bertz CT molecular complexity index is 447. The molecule has 0 bridgehead atoms. The van der Waals surface area contributed by atoms with Gasteiger partial charge in [-0.2, -0.15) is 0 Å². The number of methoxy groups -OCH3 is 1. The first-order chi connectivity index (χ1) is 9.52. The molecule has 0 spiro atoms. The summed E-state index contributed by atoms with van der Waals surface area (Å²) in [6, 6.07) is 6.21. The molecule has 1 amide bonds. The zero-order chi connectivity index (χ0) is 15.0. The number of aliphatic carboxylic acids is 1. The van der Waals surface area contributed by atoms with E-state index in [4.69, 9.17) is 21.4 Å². The summed E-state index contributed by atoms with van der Waals surface area (Å²) in [6.45, 7) is 0.498. The van der Waals surface area contributed by atoms with E-state index in [1.165, 1.54) is 0 Å². The van der Waals surface area contributed by atoms with E-state index in [0.29, 0.717) is 24.5 Å². The van der Waals surface area contributed by atoms with Crippen LogP contribution in [0.2, 0.25) is 5.02 Å². The molecular formula is C14H18ClNO4. The number of hydrogen-bond donors (Lipinski definition) is 2. The van der Waals surface area contributed by atoms with Crippen LogP contribution in [0.15, 0.2) is 24.3 Å². The van der Waals surface area contributed by atoms with E-state index in [0.717, 1.165) is 5.56 Å². The van der Waals surface area contributed by atoms with Crippen LogP contribution in [-0.4, -0.2) is 30.7 Å². The number of nitrogens with one attached hydrogen (secondary N) is 1. The number of carbonyl (C=O) groups is 2. The molecule has 0 aromatic heterocycles. The SMILES string of the molecule is COCCCC(=O)N[C@@H](CC(=O)O)c1ccc(Cl)cc1. The number of hydrogen-bond acceptors (Lipinski definition) is 3. The Balaban J connectivity index is 2.67. The Morgan fingerprint density at radius 3 is 2.55 bits per heavy atom. The second-order valence-electron chi connectivity index (χ2n) is 4.37. The van der Waals surface area contributed by atoms with Crippen molar-refractivity contribution in [1.82, 2.24) is 5.32 Å². The van der Waals surface area contributed by atoms with Gasteiger partial charge in [0.25, 0.3) is 0 Å². The van der Waals surface area contributed by atoms with E-state index in [1.807, 2.05) is 0 Å². The number of amides is 1. The van der Waals surface area contributed by atoms with E-state index >= 15 is 0 Å². The number of carbonyl (C=O) groups excluding carboxylic acids is 1. The van der Waals surface area contributed by atoms with Gasteiger partial charge in [-0.3, -0.25) is 9.59 Å². The summed E-state index contributed by atoms with van der Waals surface area (Å²) in [6.07, 6.45) is 0.734. The first-order valence-corrected chi connectivity index (χ1v) is 6.66. The molecule has 5 nitrogen and oxygen atoms in total. The zero-order valence-electron chi connectivity index (χ0n) is 11.3. The van der Waals surface area contributed by atoms with Gasteiger partial charge in [-0.25, -0.2) is 0 Å². The van der Waals surface area contributed by atoms with Crippen LogP contribution in [0.3, 0.4) is 0 Å². The molecule has 0 saturated heterocycles. The molecule has 20 heavy (non-hydrogen) atoms. The van der Waals surface area contributed by atoms with Crippen molar-refractivity contribution in [2.24, 2.45) is 0 Å². The normalized spacial score (nSPS) is 11.9. The second kappa shape index (κ2) is 8.55. The molecule has 0 fully saturated rings. The molecule has 0 radical (unpaired) electrons. The van der Waals surface area contributed by atoms with Crippen LogP contribution < -0.4 is 5.32 Å². The van der Waals surface area contributed by atoms with E-state index in [2.05, 4.69) is 5.32 Å². The van der Waals surface area contributed by atoms with Crippen molar-refractivity contribution in [2.45, 2.75) is 25.3 Å². The van der Waals surface area contributed by atoms with Gasteiger partial charge in [0, 0.05) is 25.2 Å². The third-order valence-corrected chi connectivity index (χ3v) is 2.99. The molecule has 2 N–H and O–H groups in total. The monoisotopic (exact) mass is 299 g/mol. The van der Waals surface area contributed by atoms with Gasteiger partial charge in [0.05, 0.1) is 12.5 Å². The zero-order valence-corrected chi connectivity index (χ0v) is 12.0. The molecule has 0 aliphatic rings. The van der Waals surface area contributed by atoms with Crippen molar-refractivity contribution in [3.8, 4) is 0 Å². The molecular weight excluding hydrogens is 282 g/mol. The van der Waals surface area contributed by atoms with E-state index < -0.39 is 12.0 Å². The van der Waals surface area contributed by atoms with E-state index in [9.17, 15) is 9.59 Å². The van der Waals surface area contributed by atoms with Crippen LogP contribution in [0.1, 0.15) is 30.9 Å². The molecule has 1 atom stereocenters. The van der Waals surface area contributed by atoms with Crippen LogP contribution in [0, 0.1) is 0 Å². The van der Waals surface area contributed by atoms with Crippen molar-refractivity contribution in [3.63, 3.8) is 0 Å². The highest BCUT2D eigenvalue weighted by Crippen LogP contribution is 2.19. The highest BCUT2D eigenvalue weighted by Gasteiger charge is 2.17. The van der Waals surface area contributed by atoms with Gasteiger partial charge in [-0.15, -0.1) is 0 Å². The summed E-state index contributed by atoms with van der Waals surface area (Å²) in [7, 11) is 1.57. The molecule has 0 heterocycles. The molecule has 0 unspecified atom stereocenters. The molecule has 0 aliphatic heterocycles. The average Bonchev–Trinajstić information content (AvgIpc) is 2.38. The fourth-order valence-electron chi connectivity index (χ4n) is 1.77. The Kier molecular flexibility index (Phi) is 7.04. The fourth-order valence-corrected chi connectivity index (χ4v) is 1.89. The summed E-state index contributed by atoms with van der Waals surface area (Å²) in [5.41, 5.74) is 0.719. The molecule has 0 aliphatic carbocycles. The Hall–Kier alpha value is -1.59. The van der Waals surface area contributed by atoms with Gasteiger partial charge < -0.3 is 15.2 Å². The predicted octanol–water partition coefficient (Wildman–Crippen LogP) is 2.40. The lowest BCUT2D eigenvalue weighted by molar-refractivity contribution is -0.137. The summed E-state index contributed by atoms with van der Waals surface area (Å²) >= 11 is 5.79. The lowest BCUT2D eigenvalue weighted by Gasteiger charge is -2.17. The fraction of sp³-hybridized carbons (Fsp3) is 0.429. The predicted molar refractivity (Wildman–Crippen MR) is 75.7 cm³/mol. The molecule has 0 saturated carbocycles.